The zero-order valence-corrected chi connectivity index (χ0v) is 16.0. The predicted octanol–water partition coefficient (Wildman–Crippen LogP) is 3.56. The van der Waals surface area contributed by atoms with E-state index in [2.05, 4.69) is 20.0 Å². The molecule has 1 N–H and O–H groups in total. The SMILES string of the molecule is Cc1ccc(S(=O)(=O)Nc2cccc(-c3nc(Cc4ccno4)no3)c2)cc1F. The molecule has 10 heteroatoms. The number of hydrogen-bond acceptors (Lipinski definition) is 7. The van der Waals surface area contributed by atoms with Crippen LogP contribution in [-0.4, -0.2) is 23.7 Å². The minimum atomic E-state index is -3.96. The molecule has 0 saturated carbocycles. The third kappa shape index (κ3) is 4.16. The molecule has 0 amide bonds. The van der Waals surface area contributed by atoms with Gasteiger partial charge in [0.1, 0.15) is 11.6 Å². The third-order valence-corrected chi connectivity index (χ3v) is 5.49. The van der Waals surface area contributed by atoms with Crippen LogP contribution in [0.4, 0.5) is 10.1 Å². The molecule has 2 heterocycles. The summed E-state index contributed by atoms with van der Waals surface area (Å²) < 4.78 is 51.5. The quantitative estimate of drug-likeness (QED) is 0.513. The van der Waals surface area contributed by atoms with Gasteiger partial charge in [-0.2, -0.15) is 4.98 Å². The van der Waals surface area contributed by atoms with E-state index < -0.39 is 15.8 Å². The van der Waals surface area contributed by atoms with Gasteiger partial charge in [-0.3, -0.25) is 4.72 Å². The molecule has 2 aromatic heterocycles. The predicted molar refractivity (Wildman–Crippen MR) is 101 cm³/mol. The Balaban J connectivity index is 1.56. The monoisotopic (exact) mass is 414 g/mol. The first kappa shape index (κ1) is 18.8. The highest BCUT2D eigenvalue weighted by atomic mass is 32.2. The van der Waals surface area contributed by atoms with E-state index >= 15 is 0 Å². The molecule has 0 aliphatic rings. The minimum absolute atomic E-state index is 0.168. The van der Waals surface area contributed by atoms with Crippen molar-refractivity contribution in [2.45, 2.75) is 18.2 Å². The van der Waals surface area contributed by atoms with E-state index in [0.717, 1.165) is 6.07 Å². The Kier molecular flexibility index (Phi) is 4.85. The average Bonchev–Trinajstić information content (AvgIpc) is 3.36. The van der Waals surface area contributed by atoms with Crippen LogP contribution in [0.5, 0.6) is 0 Å². The molecule has 4 aromatic rings. The third-order valence-electron chi connectivity index (χ3n) is 4.11. The fraction of sp³-hybridized carbons (Fsp3) is 0.105. The molecule has 0 atom stereocenters. The second-order valence-electron chi connectivity index (χ2n) is 6.27. The smallest absolute Gasteiger partial charge is 0.261 e. The molecular weight excluding hydrogens is 399 g/mol. The van der Waals surface area contributed by atoms with Gasteiger partial charge in [0.15, 0.2) is 5.82 Å². The molecule has 0 saturated heterocycles. The fourth-order valence-corrected chi connectivity index (χ4v) is 3.66. The number of hydrogen-bond donors (Lipinski definition) is 1. The summed E-state index contributed by atoms with van der Waals surface area (Å²) in [6, 6.07) is 11.9. The van der Waals surface area contributed by atoms with Gasteiger partial charge in [-0.15, -0.1) is 0 Å². The lowest BCUT2D eigenvalue weighted by molar-refractivity contribution is 0.382. The van der Waals surface area contributed by atoms with Crippen LogP contribution in [0.15, 0.2) is 68.7 Å². The van der Waals surface area contributed by atoms with E-state index in [-0.39, 0.29) is 16.5 Å². The standard InChI is InChI=1S/C19H15FN4O4S/c1-12-5-6-16(11-17(12)20)29(25,26)24-14-4-2-3-13(9-14)19-22-18(23-28-19)10-15-7-8-21-27-15/h2-9,11,24H,10H2,1H3. The second-order valence-corrected chi connectivity index (χ2v) is 7.95. The number of aryl methyl sites for hydroxylation is 1. The summed E-state index contributed by atoms with van der Waals surface area (Å²) in [7, 11) is -3.96. The highest BCUT2D eigenvalue weighted by molar-refractivity contribution is 7.92. The molecular formula is C19H15FN4O4S. The zero-order valence-electron chi connectivity index (χ0n) is 15.2. The van der Waals surface area contributed by atoms with Crippen LogP contribution in [0.1, 0.15) is 17.1 Å². The van der Waals surface area contributed by atoms with Crippen molar-refractivity contribution >= 4 is 15.7 Å². The minimum Gasteiger partial charge on any atom is -0.361 e. The van der Waals surface area contributed by atoms with Crippen LogP contribution in [0, 0.1) is 12.7 Å². The van der Waals surface area contributed by atoms with Gasteiger partial charge in [-0.1, -0.05) is 22.4 Å². The molecule has 0 aliphatic carbocycles. The number of nitrogens with one attached hydrogen (secondary N) is 1. The van der Waals surface area contributed by atoms with Crippen LogP contribution in [0.3, 0.4) is 0 Å². The lowest BCUT2D eigenvalue weighted by Gasteiger charge is -2.09. The lowest BCUT2D eigenvalue weighted by Crippen LogP contribution is -2.13. The summed E-state index contributed by atoms with van der Waals surface area (Å²) in [5, 5.41) is 7.50. The van der Waals surface area contributed by atoms with E-state index in [0.29, 0.717) is 29.1 Å². The number of nitrogens with zero attached hydrogens (tertiary/aromatic N) is 3. The van der Waals surface area contributed by atoms with Gasteiger partial charge in [-0.25, -0.2) is 12.8 Å². The van der Waals surface area contributed by atoms with Crippen molar-refractivity contribution in [2.24, 2.45) is 0 Å². The Morgan fingerprint density at radius 3 is 2.72 bits per heavy atom. The Bertz CT molecular complexity index is 1250. The van der Waals surface area contributed by atoms with Crippen molar-refractivity contribution in [3.8, 4) is 11.5 Å². The molecule has 4 rings (SSSR count). The van der Waals surface area contributed by atoms with Crippen molar-refractivity contribution in [1.29, 1.82) is 0 Å². The van der Waals surface area contributed by atoms with Crippen LogP contribution in [0.2, 0.25) is 0 Å². The average molecular weight is 414 g/mol. The molecule has 29 heavy (non-hydrogen) atoms. The lowest BCUT2D eigenvalue weighted by atomic mass is 10.2. The van der Waals surface area contributed by atoms with Crippen molar-refractivity contribution in [3.05, 3.63) is 77.7 Å². The number of benzene rings is 2. The Morgan fingerprint density at radius 2 is 1.97 bits per heavy atom. The normalized spacial score (nSPS) is 11.5. The van der Waals surface area contributed by atoms with E-state index in [9.17, 15) is 12.8 Å². The molecule has 2 aromatic carbocycles. The second kappa shape index (κ2) is 7.47. The molecule has 0 spiro atoms. The summed E-state index contributed by atoms with van der Waals surface area (Å²) in [6.45, 7) is 1.56. The van der Waals surface area contributed by atoms with Gasteiger partial charge < -0.3 is 9.05 Å². The summed E-state index contributed by atoms with van der Waals surface area (Å²) in [4.78, 5) is 4.11. The van der Waals surface area contributed by atoms with Crippen molar-refractivity contribution in [2.75, 3.05) is 4.72 Å². The summed E-state index contributed by atoms with van der Waals surface area (Å²) >= 11 is 0. The largest absolute Gasteiger partial charge is 0.361 e. The molecule has 0 unspecified atom stereocenters. The van der Waals surface area contributed by atoms with Gasteiger partial charge >= 0.3 is 0 Å². The molecule has 148 valence electrons. The van der Waals surface area contributed by atoms with Crippen molar-refractivity contribution in [3.63, 3.8) is 0 Å². The Morgan fingerprint density at radius 1 is 1.10 bits per heavy atom. The maximum atomic E-state index is 13.7. The van der Waals surface area contributed by atoms with Gasteiger partial charge in [0.05, 0.1) is 17.5 Å². The first-order valence-electron chi connectivity index (χ1n) is 8.52. The molecule has 0 radical (unpaired) electrons. The summed E-state index contributed by atoms with van der Waals surface area (Å²) in [6.07, 6.45) is 1.83. The van der Waals surface area contributed by atoms with Gasteiger partial charge in [0.2, 0.25) is 0 Å². The van der Waals surface area contributed by atoms with E-state index in [4.69, 9.17) is 9.05 Å². The van der Waals surface area contributed by atoms with E-state index in [1.807, 2.05) is 0 Å². The van der Waals surface area contributed by atoms with Gasteiger partial charge in [0, 0.05) is 17.3 Å². The number of rotatable bonds is 6. The van der Waals surface area contributed by atoms with Crippen molar-refractivity contribution in [1.82, 2.24) is 15.3 Å². The first-order valence-corrected chi connectivity index (χ1v) is 10.0. The van der Waals surface area contributed by atoms with Gasteiger partial charge in [-0.05, 0) is 42.8 Å². The fourth-order valence-electron chi connectivity index (χ4n) is 2.60. The van der Waals surface area contributed by atoms with Crippen LogP contribution >= 0.6 is 0 Å². The summed E-state index contributed by atoms with van der Waals surface area (Å²) in [5.74, 6) is 0.621. The Labute approximate surface area is 165 Å². The highest BCUT2D eigenvalue weighted by Crippen LogP contribution is 2.24. The van der Waals surface area contributed by atoms with Crippen LogP contribution in [0.25, 0.3) is 11.5 Å². The van der Waals surface area contributed by atoms with Crippen LogP contribution in [-0.2, 0) is 16.4 Å². The molecule has 0 bridgehead atoms. The zero-order chi connectivity index (χ0) is 20.4. The number of halogens is 1. The number of sulfonamides is 1. The number of aromatic nitrogens is 3. The molecule has 0 fully saturated rings. The summed E-state index contributed by atoms with van der Waals surface area (Å²) in [5.41, 5.74) is 1.17. The van der Waals surface area contributed by atoms with Crippen molar-refractivity contribution < 1.29 is 21.9 Å². The maximum absolute atomic E-state index is 13.7. The van der Waals surface area contributed by atoms with E-state index in [1.54, 1.807) is 37.3 Å². The van der Waals surface area contributed by atoms with Gasteiger partial charge in [0.25, 0.3) is 15.9 Å². The topological polar surface area (TPSA) is 111 Å². The highest BCUT2D eigenvalue weighted by Gasteiger charge is 2.17. The maximum Gasteiger partial charge on any atom is 0.261 e. The first-order chi connectivity index (χ1) is 13.9. The Hall–Kier alpha value is -3.53. The molecule has 0 aliphatic heterocycles. The number of anilines is 1. The van der Waals surface area contributed by atoms with E-state index in [1.165, 1.54) is 18.3 Å². The molecule has 8 nitrogen and oxygen atoms in total. The van der Waals surface area contributed by atoms with Crippen LogP contribution < -0.4 is 4.72 Å².